The van der Waals surface area contributed by atoms with Gasteiger partial charge in [-0.15, -0.1) is 0 Å². The number of ether oxygens (including phenoxy) is 1. The van der Waals surface area contributed by atoms with Crippen molar-refractivity contribution in [3.8, 4) is 0 Å². The highest BCUT2D eigenvalue weighted by Gasteiger charge is 2.19. The first kappa shape index (κ1) is 14.8. The van der Waals surface area contributed by atoms with Gasteiger partial charge in [0.25, 0.3) is 0 Å². The van der Waals surface area contributed by atoms with E-state index < -0.39 is 0 Å². The van der Waals surface area contributed by atoms with E-state index in [4.69, 9.17) is 4.74 Å². The zero-order valence-corrected chi connectivity index (χ0v) is 12.2. The molecule has 1 rings (SSSR count). The van der Waals surface area contributed by atoms with Gasteiger partial charge in [0, 0.05) is 17.8 Å². The Kier molecular flexibility index (Phi) is 6.92. The van der Waals surface area contributed by atoms with Gasteiger partial charge in [-0.2, -0.15) is 0 Å². The lowest BCUT2D eigenvalue weighted by Crippen LogP contribution is -2.38. The van der Waals surface area contributed by atoms with Crippen LogP contribution >= 0.6 is 11.8 Å². The molecule has 1 fully saturated rings. The third kappa shape index (κ3) is 6.91. The topological polar surface area (TPSA) is 36.9 Å². The molecule has 17 heavy (non-hydrogen) atoms. The first-order valence-corrected chi connectivity index (χ1v) is 7.16. The zero-order chi connectivity index (χ0) is 12.7. The molecule has 1 aliphatic rings. The van der Waals surface area contributed by atoms with E-state index in [1.807, 2.05) is 11.8 Å². The number of nitrogens with zero attached hydrogens (tertiary/aromatic N) is 2. The minimum atomic E-state index is 0.541. The fourth-order valence-corrected chi connectivity index (χ4v) is 2.89. The number of likely N-dealkylation sites (N-methyl/N-ethyl adjacent to an activating group) is 1. The van der Waals surface area contributed by atoms with E-state index in [0.29, 0.717) is 17.9 Å². The van der Waals surface area contributed by atoms with E-state index in [2.05, 4.69) is 43.2 Å². The summed E-state index contributed by atoms with van der Waals surface area (Å²) in [6.07, 6.45) is 1.21. The molecule has 2 atom stereocenters. The summed E-state index contributed by atoms with van der Waals surface area (Å²) in [6, 6.07) is 0.541. The highest BCUT2D eigenvalue weighted by molar-refractivity contribution is 8.14. The number of nitrogens with one attached hydrogen (secondary N) is 1. The van der Waals surface area contributed by atoms with Crippen molar-refractivity contribution in [2.45, 2.75) is 31.6 Å². The largest absolute Gasteiger partial charge is 0.378 e. The van der Waals surface area contributed by atoms with E-state index in [-0.39, 0.29) is 0 Å². The number of amidine groups is 1. The van der Waals surface area contributed by atoms with Crippen LogP contribution in [0.5, 0.6) is 0 Å². The van der Waals surface area contributed by atoms with Gasteiger partial charge in [0.2, 0.25) is 0 Å². The van der Waals surface area contributed by atoms with Gasteiger partial charge >= 0.3 is 0 Å². The van der Waals surface area contributed by atoms with E-state index in [1.165, 1.54) is 6.42 Å². The van der Waals surface area contributed by atoms with Crippen LogP contribution in [-0.2, 0) is 4.74 Å². The lowest BCUT2D eigenvalue weighted by Gasteiger charge is -2.26. The number of hydrogen-bond acceptors (Lipinski definition) is 4. The molecule has 4 nitrogen and oxygen atoms in total. The summed E-state index contributed by atoms with van der Waals surface area (Å²) in [6.45, 7) is 7.68. The van der Waals surface area contributed by atoms with Crippen LogP contribution in [0.2, 0.25) is 0 Å². The first-order valence-electron chi connectivity index (χ1n) is 6.28. The van der Waals surface area contributed by atoms with Gasteiger partial charge in [-0.1, -0.05) is 18.7 Å². The molecule has 1 N–H and O–H groups in total. The Morgan fingerprint density at radius 2 is 2.18 bits per heavy atom. The molecule has 0 saturated carbocycles. The molecule has 0 bridgehead atoms. The standard InChI is InChI=1S/C12H25N3OS/c1-10-9-11(2)17-12(14-10)13-5-7-16-8-6-15(3)4/h10-11H,5-9H2,1-4H3,(H,13,14). The van der Waals surface area contributed by atoms with Crippen LogP contribution in [0, 0.1) is 0 Å². The third-order valence-electron chi connectivity index (χ3n) is 2.54. The van der Waals surface area contributed by atoms with Gasteiger partial charge in [0.15, 0.2) is 5.17 Å². The predicted octanol–water partition coefficient (Wildman–Crippen LogP) is 1.42. The van der Waals surface area contributed by atoms with Gasteiger partial charge in [0.1, 0.15) is 0 Å². The van der Waals surface area contributed by atoms with Gasteiger partial charge < -0.3 is 15.0 Å². The van der Waals surface area contributed by atoms with E-state index >= 15 is 0 Å². The Hall–Kier alpha value is -0.260. The molecule has 0 aromatic heterocycles. The predicted molar refractivity (Wildman–Crippen MR) is 75.9 cm³/mol. The van der Waals surface area contributed by atoms with Crippen molar-refractivity contribution in [3.05, 3.63) is 0 Å². The second kappa shape index (κ2) is 7.95. The van der Waals surface area contributed by atoms with Gasteiger partial charge in [-0.05, 0) is 27.4 Å². The van der Waals surface area contributed by atoms with Crippen molar-refractivity contribution in [1.82, 2.24) is 10.2 Å². The smallest absolute Gasteiger partial charge is 0.157 e. The van der Waals surface area contributed by atoms with Crippen LogP contribution in [-0.4, -0.2) is 61.8 Å². The molecule has 5 heteroatoms. The molecular formula is C12H25N3OS. The maximum absolute atomic E-state index is 5.50. The molecule has 0 spiro atoms. The summed E-state index contributed by atoms with van der Waals surface area (Å²) in [5, 5.41) is 5.15. The van der Waals surface area contributed by atoms with Gasteiger partial charge in [-0.3, -0.25) is 4.99 Å². The molecule has 0 aliphatic carbocycles. The monoisotopic (exact) mass is 259 g/mol. The lowest BCUT2D eigenvalue weighted by molar-refractivity contribution is 0.124. The average Bonchev–Trinajstić information content (AvgIpc) is 2.21. The molecule has 0 aromatic rings. The number of hydrogen-bond donors (Lipinski definition) is 1. The van der Waals surface area contributed by atoms with Crippen LogP contribution in [0.15, 0.2) is 4.99 Å². The zero-order valence-electron chi connectivity index (χ0n) is 11.4. The number of aliphatic imine (C=N–C) groups is 1. The second-order valence-corrected chi connectivity index (χ2v) is 6.24. The maximum atomic E-state index is 5.50. The lowest BCUT2D eigenvalue weighted by atomic mass is 10.2. The van der Waals surface area contributed by atoms with Crippen molar-refractivity contribution >= 4 is 16.9 Å². The van der Waals surface area contributed by atoms with E-state index in [1.54, 1.807) is 0 Å². The summed E-state index contributed by atoms with van der Waals surface area (Å²) < 4.78 is 5.50. The quantitative estimate of drug-likeness (QED) is 0.732. The van der Waals surface area contributed by atoms with Crippen LogP contribution in [0.25, 0.3) is 0 Å². The summed E-state index contributed by atoms with van der Waals surface area (Å²) in [5.74, 6) is 0. The molecule has 0 amide bonds. The van der Waals surface area contributed by atoms with Gasteiger partial charge in [-0.25, -0.2) is 0 Å². The molecule has 1 heterocycles. The van der Waals surface area contributed by atoms with Crippen molar-refractivity contribution in [2.24, 2.45) is 4.99 Å². The fraction of sp³-hybridized carbons (Fsp3) is 0.917. The Morgan fingerprint density at radius 3 is 2.82 bits per heavy atom. The van der Waals surface area contributed by atoms with Crippen LogP contribution < -0.4 is 5.32 Å². The molecule has 1 aliphatic heterocycles. The first-order chi connectivity index (χ1) is 8.08. The van der Waals surface area contributed by atoms with E-state index in [9.17, 15) is 0 Å². The Labute approximate surface area is 109 Å². The maximum Gasteiger partial charge on any atom is 0.157 e. The highest BCUT2D eigenvalue weighted by Crippen LogP contribution is 2.21. The Bertz CT molecular complexity index is 234. The minimum absolute atomic E-state index is 0.541. The van der Waals surface area contributed by atoms with Crippen molar-refractivity contribution in [3.63, 3.8) is 0 Å². The molecule has 0 radical (unpaired) electrons. The third-order valence-corrected chi connectivity index (χ3v) is 3.61. The van der Waals surface area contributed by atoms with Crippen molar-refractivity contribution in [2.75, 3.05) is 40.4 Å². The van der Waals surface area contributed by atoms with Crippen LogP contribution in [0.4, 0.5) is 0 Å². The normalized spacial score (nSPS) is 27.5. The number of thioether (sulfide) groups is 1. The minimum Gasteiger partial charge on any atom is -0.378 e. The Morgan fingerprint density at radius 1 is 1.41 bits per heavy atom. The average molecular weight is 259 g/mol. The summed E-state index contributed by atoms with van der Waals surface area (Å²) in [7, 11) is 4.10. The van der Waals surface area contributed by atoms with Crippen molar-refractivity contribution in [1.29, 1.82) is 0 Å². The summed E-state index contributed by atoms with van der Waals surface area (Å²) in [4.78, 5) is 6.65. The van der Waals surface area contributed by atoms with Gasteiger partial charge in [0.05, 0.1) is 19.8 Å². The van der Waals surface area contributed by atoms with Crippen LogP contribution in [0.3, 0.4) is 0 Å². The molecule has 100 valence electrons. The molecule has 0 aromatic carbocycles. The Balaban J connectivity index is 2.11. The molecule has 2 unspecified atom stereocenters. The second-order valence-electron chi connectivity index (χ2n) is 4.81. The SMILES string of the molecule is CC1CC(C)SC(=NCCOCCN(C)C)N1. The molecular weight excluding hydrogens is 234 g/mol. The van der Waals surface area contributed by atoms with Crippen molar-refractivity contribution < 1.29 is 4.74 Å². The summed E-state index contributed by atoms with van der Waals surface area (Å²) in [5.41, 5.74) is 0. The molecule has 1 saturated heterocycles. The number of rotatable bonds is 6. The highest BCUT2D eigenvalue weighted by atomic mass is 32.2. The van der Waals surface area contributed by atoms with E-state index in [0.717, 1.165) is 24.9 Å². The summed E-state index contributed by atoms with van der Waals surface area (Å²) >= 11 is 1.83. The fourth-order valence-electron chi connectivity index (χ4n) is 1.68. The van der Waals surface area contributed by atoms with Crippen LogP contribution in [0.1, 0.15) is 20.3 Å².